The lowest BCUT2D eigenvalue weighted by molar-refractivity contribution is -0.121. The third-order valence-corrected chi connectivity index (χ3v) is 5.21. The molecule has 0 spiro atoms. The van der Waals surface area contributed by atoms with Crippen molar-refractivity contribution in [3.8, 4) is 11.5 Å². The first-order valence-corrected chi connectivity index (χ1v) is 9.78. The largest absolute Gasteiger partial charge is 0.497 e. The van der Waals surface area contributed by atoms with E-state index >= 15 is 0 Å². The standard InChI is InChI=1S/C21H27N3O5/c1-27-17-7-6-16(19(12-17)28-2)13-22-20(25)8-5-15-4-3-10-24(14-15)21(26)18-9-11-29-23-18/h6-7,9,11-12,15H,3-5,8,10,13-14H2,1-2H3,(H,22,25). The van der Waals surface area contributed by atoms with Crippen LogP contribution in [0, 0.1) is 5.92 Å². The molecule has 3 rings (SSSR count). The number of likely N-dealkylation sites (tertiary alicyclic amines) is 1. The minimum absolute atomic E-state index is 0.0113. The number of hydrogen-bond acceptors (Lipinski definition) is 6. The van der Waals surface area contributed by atoms with Gasteiger partial charge in [0.2, 0.25) is 5.91 Å². The van der Waals surface area contributed by atoms with Crippen molar-refractivity contribution in [3.05, 3.63) is 41.8 Å². The average Bonchev–Trinajstić information content (AvgIpc) is 3.30. The van der Waals surface area contributed by atoms with Crippen molar-refractivity contribution in [3.63, 3.8) is 0 Å². The van der Waals surface area contributed by atoms with E-state index in [1.54, 1.807) is 31.3 Å². The van der Waals surface area contributed by atoms with E-state index in [1.165, 1.54) is 6.26 Å². The maximum atomic E-state index is 12.4. The van der Waals surface area contributed by atoms with E-state index in [4.69, 9.17) is 14.0 Å². The zero-order valence-corrected chi connectivity index (χ0v) is 16.8. The number of rotatable bonds is 8. The Bertz CT molecular complexity index is 822. The quantitative estimate of drug-likeness (QED) is 0.731. The highest BCUT2D eigenvalue weighted by Gasteiger charge is 2.26. The van der Waals surface area contributed by atoms with Gasteiger partial charge in [-0.2, -0.15) is 0 Å². The van der Waals surface area contributed by atoms with Crippen molar-refractivity contribution in [1.29, 1.82) is 0 Å². The second-order valence-corrected chi connectivity index (χ2v) is 7.14. The molecule has 29 heavy (non-hydrogen) atoms. The normalized spacial score (nSPS) is 16.3. The Morgan fingerprint density at radius 3 is 2.86 bits per heavy atom. The molecule has 1 atom stereocenters. The molecule has 1 aromatic heterocycles. The van der Waals surface area contributed by atoms with Gasteiger partial charge in [-0.05, 0) is 37.3 Å². The van der Waals surface area contributed by atoms with Crippen LogP contribution in [0.2, 0.25) is 0 Å². The Balaban J connectivity index is 1.45. The first-order chi connectivity index (χ1) is 14.1. The summed E-state index contributed by atoms with van der Waals surface area (Å²) < 4.78 is 15.3. The zero-order valence-electron chi connectivity index (χ0n) is 16.8. The van der Waals surface area contributed by atoms with Gasteiger partial charge in [0, 0.05) is 43.8 Å². The molecule has 2 aromatic rings. The van der Waals surface area contributed by atoms with Gasteiger partial charge in [0.25, 0.3) is 5.91 Å². The van der Waals surface area contributed by atoms with Crippen LogP contribution in [0.5, 0.6) is 11.5 Å². The Morgan fingerprint density at radius 2 is 2.14 bits per heavy atom. The number of aromatic nitrogens is 1. The van der Waals surface area contributed by atoms with E-state index in [9.17, 15) is 9.59 Å². The summed E-state index contributed by atoms with van der Waals surface area (Å²) in [6, 6.07) is 7.09. The van der Waals surface area contributed by atoms with E-state index in [0.29, 0.717) is 49.2 Å². The van der Waals surface area contributed by atoms with Crippen LogP contribution in [-0.2, 0) is 11.3 Å². The lowest BCUT2D eigenvalue weighted by Gasteiger charge is -2.32. The summed E-state index contributed by atoms with van der Waals surface area (Å²) in [5.74, 6) is 1.57. The molecular formula is C21H27N3O5. The van der Waals surface area contributed by atoms with Gasteiger partial charge >= 0.3 is 0 Å². The molecule has 156 valence electrons. The second kappa shape index (κ2) is 9.95. The summed E-state index contributed by atoms with van der Waals surface area (Å²) in [6.45, 7) is 1.75. The van der Waals surface area contributed by atoms with E-state index in [-0.39, 0.29) is 11.8 Å². The number of piperidine rings is 1. The van der Waals surface area contributed by atoms with Crippen LogP contribution in [0.4, 0.5) is 0 Å². The fraction of sp³-hybridized carbons (Fsp3) is 0.476. The predicted octanol–water partition coefficient (Wildman–Crippen LogP) is 2.64. The topological polar surface area (TPSA) is 93.9 Å². The van der Waals surface area contributed by atoms with Crippen molar-refractivity contribution in [2.24, 2.45) is 5.92 Å². The SMILES string of the molecule is COc1ccc(CNC(=O)CCC2CCCN(C(=O)c3ccon3)C2)c(OC)c1. The number of hydrogen-bond donors (Lipinski definition) is 1. The summed E-state index contributed by atoms with van der Waals surface area (Å²) in [5.41, 5.74) is 1.22. The van der Waals surface area contributed by atoms with Gasteiger partial charge in [0.05, 0.1) is 14.2 Å². The van der Waals surface area contributed by atoms with Crippen LogP contribution < -0.4 is 14.8 Å². The number of nitrogens with one attached hydrogen (secondary N) is 1. The van der Waals surface area contributed by atoms with Crippen molar-refractivity contribution in [2.75, 3.05) is 27.3 Å². The lowest BCUT2D eigenvalue weighted by Crippen LogP contribution is -2.40. The monoisotopic (exact) mass is 401 g/mol. The molecule has 1 aliphatic heterocycles. The van der Waals surface area contributed by atoms with Gasteiger partial charge in [-0.3, -0.25) is 9.59 Å². The summed E-state index contributed by atoms with van der Waals surface area (Å²) in [4.78, 5) is 26.5. The maximum Gasteiger partial charge on any atom is 0.276 e. The van der Waals surface area contributed by atoms with Gasteiger partial charge in [-0.25, -0.2) is 0 Å². The summed E-state index contributed by atoms with van der Waals surface area (Å²) in [5, 5.41) is 6.66. The Hall–Kier alpha value is -3.03. The molecule has 0 radical (unpaired) electrons. The molecule has 1 fully saturated rings. The number of methoxy groups -OCH3 is 2. The maximum absolute atomic E-state index is 12.4. The Morgan fingerprint density at radius 1 is 1.28 bits per heavy atom. The lowest BCUT2D eigenvalue weighted by atomic mass is 9.93. The number of carbonyl (C=O) groups is 2. The highest BCUT2D eigenvalue weighted by Crippen LogP contribution is 2.25. The van der Waals surface area contributed by atoms with Gasteiger partial charge in [0.1, 0.15) is 17.8 Å². The zero-order chi connectivity index (χ0) is 20.6. The molecule has 2 heterocycles. The molecule has 1 unspecified atom stereocenters. The van der Waals surface area contributed by atoms with Crippen LogP contribution in [-0.4, -0.2) is 49.2 Å². The first kappa shape index (κ1) is 20.7. The molecule has 1 aromatic carbocycles. The van der Waals surface area contributed by atoms with E-state index in [0.717, 1.165) is 24.8 Å². The summed E-state index contributed by atoms with van der Waals surface area (Å²) >= 11 is 0. The molecule has 0 bridgehead atoms. The minimum Gasteiger partial charge on any atom is -0.497 e. The third-order valence-electron chi connectivity index (χ3n) is 5.21. The first-order valence-electron chi connectivity index (χ1n) is 9.78. The van der Waals surface area contributed by atoms with Crippen molar-refractivity contribution >= 4 is 11.8 Å². The molecular weight excluding hydrogens is 374 g/mol. The fourth-order valence-corrected chi connectivity index (χ4v) is 3.59. The molecule has 1 N–H and O–H groups in total. The smallest absolute Gasteiger partial charge is 0.276 e. The van der Waals surface area contributed by atoms with Crippen molar-refractivity contribution in [1.82, 2.24) is 15.4 Å². The van der Waals surface area contributed by atoms with Crippen LogP contribution in [0.3, 0.4) is 0 Å². The summed E-state index contributed by atoms with van der Waals surface area (Å²) in [6.07, 6.45) is 4.52. The molecule has 0 aliphatic carbocycles. The van der Waals surface area contributed by atoms with Gasteiger partial charge in [-0.15, -0.1) is 0 Å². The number of nitrogens with zero attached hydrogens (tertiary/aromatic N) is 2. The molecule has 0 saturated carbocycles. The van der Waals surface area contributed by atoms with E-state index in [2.05, 4.69) is 10.5 Å². The Labute approximate surface area is 170 Å². The third kappa shape index (κ3) is 5.49. The van der Waals surface area contributed by atoms with Crippen LogP contribution in [0.15, 0.2) is 35.1 Å². The highest BCUT2D eigenvalue weighted by molar-refractivity contribution is 5.92. The van der Waals surface area contributed by atoms with Crippen LogP contribution in [0.1, 0.15) is 41.7 Å². The highest BCUT2D eigenvalue weighted by atomic mass is 16.5. The van der Waals surface area contributed by atoms with Crippen molar-refractivity contribution < 1.29 is 23.6 Å². The Kier molecular flexibility index (Phi) is 7.10. The van der Waals surface area contributed by atoms with Crippen LogP contribution in [0.25, 0.3) is 0 Å². The molecule has 8 heteroatoms. The fourth-order valence-electron chi connectivity index (χ4n) is 3.59. The van der Waals surface area contributed by atoms with Gasteiger partial charge in [-0.1, -0.05) is 5.16 Å². The predicted molar refractivity (Wildman–Crippen MR) is 106 cm³/mol. The van der Waals surface area contributed by atoms with Crippen molar-refractivity contribution in [2.45, 2.75) is 32.2 Å². The van der Waals surface area contributed by atoms with E-state index in [1.807, 2.05) is 12.1 Å². The molecule has 1 saturated heterocycles. The van der Waals surface area contributed by atoms with E-state index < -0.39 is 0 Å². The molecule has 1 aliphatic rings. The average molecular weight is 401 g/mol. The molecule has 2 amide bonds. The number of ether oxygens (including phenoxy) is 2. The van der Waals surface area contributed by atoms with Gasteiger partial charge < -0.3 is 24.2 Å². The summed E-state index contributed by atoms with van der Waals surface area (Å²) in [7, 11) is 3.19. The van der Waals surface area contributed by atoms with Crippen LogP contribution >= 0.6 is 0 Å². The number of carbonyl (C=O) groups excluding carboxylic acids is 2. The minimum atomic E-state index is -0.112. The number of benzene rings is 1. The van der Waals surface area contributed by atoms with Gasteiger partial charge in [0.15, 0.2) is 5.69 Å². The second-order valence-electron chi connectivity index (χ2n) is 7.14. The molecule has 8 nitrogen and oxygen atoms in total. The number of amides is 2.